The van der Waals surface area contributed by atoms with Gasteiger partial charge < -0.3 is 10.2 Å². The summed E-state index contributed by atoms with van der Waals surface area (Å²) in [5.74, 6) is -0.388. The highest BCUT2D eigenvalue weighted by Gasteiger charge is 2.30. The number of hydrogen-bond donors (Lipinski definition) is 1. The van der Waals surface area contributed by atoms with Crippen LogP contribution in [0.15, 0.2) is 78.9 Å². The van der Waals surface area contributed by atoms with Crippen molar-refractivity contribution in [3.63, 3.8) is 0 Å². The zero-order chi connectivity index (χ0) is 24.3. The van der Waals surface area contributed by atoms with Gasteiger partial charge in [-0.05, 0) is 47.9 Å². The summed E-state index contributed by atoms with van der Waals surface area (Å²) in [6.45, 7) is 2.47. The number of carbonyl (C=O) groups excluding carboxylic acids is 2. The van der Waals surface area contributed by atoms with Gasteiger partial charge in [-0.25, -0.2) is 8.78 Å². The number of rotatable bonds is 11. The lowest BCUT2D eigenvalue weighted by Crippen LogP contribution is -2.51. The second-order valence-corrected chi connectivity index (χ2v) is 8.85. The fraction of sp³-hybridized carbons (Fsp3) is 0.259. The molecule has 0 aliphatic carbocycles. The fourth-order valence-corrected chi connectivity index (χ4v) is 4.42. The van der Waals surface area contributed by atoms with Crippen LogP contribution >= 0.6 is 11.8 Å². The van der Waals surface area contributed by atoms with Crippen LogP contribution < -0.4 is 5.32 Å². The summed E-state index contributed by atoms with van der Waals surface area (Å²) < 4.78 is 26.6. The summed E-state index contributed by atoms with van der Waals surface area (Å²) in [5.41, 5.74) is 2.59. The average Bonchev–Trinajstić information content (AvgIpc) is 2.84. The van der Waals surface area contributed by atoms with Crippen molar-refractivity contribution in [2.45, 2.75) is 31.7 Å². The van der Waals surface area contributed by atoms with Gasteiger partial charge in [-0.1, -0.05) is 54.6 Å². The largest absolute Gasteiger partial charge is 0.355 e. The first kappa shape index (κ1) is 25.4. The van der Waals surface area contributed by atoms with Gasteiger partial charge in [-0.15, -0.1) is 11.8 Å². The second kappa shape index (κ2) is 12.9. The highest BCUT2D eigenvalue weighted by atomic mass is 32.2. The molecular formula is C27H28F2N2O2S. The lowest BCUT2D eigenvalue weighted by atomic mass is 10.0. The first-order chi connectivity index (χ1) is 16.5. The van der Waals surface area contributed by atoms with E-state index in [9.17, 15) is 18.4 Å². The van der Waals surface area contributed by atoms with Crippen molar-refractivity contribution >= 4 is 23.6 Å². The number of nitrogens with one attached hydrogen (secondary N) is 1. The Bertz CT molecular complexity index is 1060. The predicted molar refractivity (Wildman–Crippen MR) is 132 cm³/mol. The van der Waals surface area contributed by atoms with E-state index in [-0.39, 0.29) is 35.7 Å². The SMILES string of the molecule is CCNC(=O)C(Cc1ccccc1)N(Cc1ccc(F)cc1)C(=O)CSCc1ccc(F)cc1. The Morgan fingerprint density at radius 2 is 1.44 bits per heavy atom. The number of amides is 2. The molecule has 0 aliphatic rings. The summed E-state index contributed by atoms with van der Waals surface area (Å²) in [5, 5.41) is 2.85. The van der Waals surface area contributed by atoms with Gasteiger partial charge in [0.25, 0.3) is 0 Å². The van der Waals surface area contributed by atoms with Crippen LogP contribution in [0.1, 0.15) is 23.6 Å². The predicted octanol–water partition coefficient (Wildman–Crippen LogP) is 4.97. The van der Waals surface area contributed by atoms with E-state index in [0.29, 0.717) is 18.7 Å². The van der Waals surface area contributed by atoms with Crippen molar-refractivity contribution in [2.75, 3.05) is 12.3 Å². The van der Waals surface area contributed by atoms with Crippen molar-refractivity contribution in [2.24, 2.45) is 0 Å². The summed E-state index contributed by atoms with van der Waals surface area (Å²) in [6.07, 6.45) is 0.363. The molecule has 0 bridgehead atoms. The topological polar surface area (TPSA) is 49.4 Å². The third kappa shape index (κ3) is 7.70. The number of carbonyl (C=O) groups is 2. The lowest BCUT2D eigenvalue weighted by molar-refractivity contribution is -0.139. The molecule has 3 rings (SSSR count). The van der Waals surface area contributed by atoms with E-state index in [0.717, 1.165) is 16.7 Å². The first-order valence-electron chi connectivity index (χ1n) is 11.1. The minimum atomic E-state index is -0.716. The smallest absolute Gasteiger partial charge is 0.243 e. The van der Waals surface area contributed by atoms with E-state index in [4.69, 9.17) is 0 Å². The van der Waals surface area contributed by atoms with Gasteiger partial charge in [-0.3, -0.25) is 9.59 Å². The molecule has 1 unspecified atom stereocenters. The summed E-state index contributed by atoms with van der Waals surface area (Å²) in [6, 6.07) is 20.9. The Morgan fingerprint density at radius 3 is 2.03 bits per heavy atom. The maximum Gasteiger partial charge on any atom is 0.243 e. The Labute approximate surface area is 203 Å². The Morgan fingerprint density at radius 1 is 0.853 bits per heavy atom. The van der Waals surface area contributed by atoms with Crippen molar-refractivity contribution in [3.05, 3.63) is 107 Å². The number of likely N-dealkylation sites (N-methyl/N-ethyl adjacent to an activating group) is 1. The van der Waals surface area contributed by atoms with Gasteiger partial charge in [-0.2, -0.15) is 0 Å². The van der Waals surface area contributed by atoms with Crippen molar-refractivity contribution in [1.29, 1.82) is 0 Å². The van der Waals surface area contributed by atoms with E-state index in [1.165, 1.54) is 36.0 Å². The third-order valence-corrected chi connectivity index (χ3v) is 6.28. The number of hydrogen-bond acceptors (Lipinski definition) is 3. The van der Waals surface area contributed by atoms with Crippen molar-refractivity contribution in [3.8, 4) is 0 Å². The molecule has 3 aromatic rings. The van der Waals surface area contributed by atoms with Gasteiger partial charge in [0, 0.05) is 25.3 Å². The van der Waals surface area contributed by atoms with E-state index < -0.39 is 6.04 Å². The van der Waals surface area contributed by atoms with E-state index in [2.05, 4.69) is 5.32 Å². The minimum absolute atomic E-state index is 0.156. The zero-order valence-electron chi connectivity index (χ0n) is 19.0. The summed E-state index contributed by atoms with van der Waals surface area (Å²) in [4.78, 5) is 28.0. The molecule has 0 spiro atoms. The second-order valence-electron chi connectivity index (χ2n) is 7.87. The number of thioether (sulfide) groups is 1. The van der Waals surface area contributed by atoms with Crippen LogP contribution in [-0.4, -0.2) is 35.1 Å². The number of halogens is 2. The Kier molecular flexibility index (Phi) is 9.64. The quantitative estimate of drug-likeness (QED) is 0.420. The van der Waals surface area contributed by atoms with Gasteiger partial charge in [0.05, 0.1) is 5.75 Å². The van der Waals surface area contributed by atoms with Crippen LogP contribution in [0, 0.1) is 11.6 Å². The van der Waals surface area contributed by atoms with Crippen LogP contribution in [0.2, 0.25) is 0 Å². The molecule has 0 fully saturated rings. The van der Waals surface area contributed by atoms with Crippen molar-refractivity contribution < 1.29 is 18.4 Å². The Balaban J connectivity index is 1.81. The molecule has 1 N–H and O–H groups in total. The minimum Gasteiger partial charge on any atom is -0.355 e. The van der Waals surface area contributed by atoms with Crippen LogP contribution in [0.3, 0.4) is 0 Å². The van der Waals surface area contributed by atoms with Gasteiger partial charge in [0.15, 0.2) is 0 Å². The normalized spacial score (nSPS) is 11.6. The Hall–Kier alpha value is -3.19. The number of benzene rings is 3. The van der Waals surface area contributed by atoms with Crippen LogP contribution in [0.4, 0.5) is 8.78 Å². The highest BCUT2D eigenvalue weighted by Crippen LogP contribution is 2.19. The van der Waals surface area contributed by atoms with E-state index >= 15 is 0 Å². The highest BCUT2D eigenvalue weighted by molar-refractivity contribution is 7.99. The van der Waals surface area contributed by atoms with Gasteiger partial charge in [0.1, 0.15) is 17.7 Å². The molecule has 0 aromatic heterocycles. The molecular weight excluding hydrogens is 454 g/mol. The average molecular weight is 483 g/mol. The van der Waals surface area contributed by atoms with Crippen LogP contribution in [0.25, 0.3) is 0 Å². The summed E-state index contributed by atoms with van der Waals surface area (Å²) >= 11 is 1.41. The molecule has 178 valence electrons. The lowest BCUT2D eigenvalue weighted by Gasteiger charge is -2.31. The fourth-order valence-electron chi connectivity index (χ4n) is 3.55. The molecule has 0 aliphatic heterocycles. The molecule has 0 heterocycles. The molecule has 3 aromatic carbocycles. The third-order valence-electron chi connectivity index (χ3n) is 5.30. The molecule has 0 saturated heterocycles. The molecule has 2 amide bonds. The molecule has 34 heavy (non-hydrogen) atoms. The van der Waals surface area contributed by atoms with Gasteiger partial charge >= 0.3 is 0 Å². The maximum atomic E-state index is 13.4. The standard InChI is InChI=1S/C27H28F2N2O2S/c1-2-30-27(33)25(16-20-6-4-3-5-7-20)31(17-21-8-12-23(28)13-9-21)26(32)19-34-18-22-10-14-24(29)15-11-22/h3-15,25H,2,16-19H2,1H3,(H,30,33). The summed E-state index contributed by atoms with van der Waals surface area (Å²) in [7, 11) is 0. The maximum absolute atomic E-state index is 13.4. The van der Waals surface area contributed by atoms with Gasteiger partial charge in [0.2, 0.25) is 11.8 Å². The molecule has 1 atom stereocenters. The first-order valence-corrected chi connectivity index (χ1v) is 12.3. The van der Waals surface area contributed by atoms with E-state index in [1.807, 2.05) is 37.3 Å². The molecule has 7 heteroatoms. The monoisotopic (exact) mass is 482 g/mol. The molecule has 0 saturated carbocycles. The molecule has 0 radical (unpaired) electrons. The number of nitrogens with zero attached hydrogens (tertiary/aromatic N) is 1. The van der Waals surface area contributed by atoms with E-state index in [1.54, 1.807) is 29.2 Å². The van der Waals surface area contributed by atoms with Crippen LogP contribution in [-0.2, 0) is 28.3 Å². The van der Waals surface area contributed by atoms with Crippen molar-refractivity contribution in [1.82, 2.24) is 10.2 Å². The zero-order valence-corrected chi connectivity index (χ0v) is 19.9. The molecule has 4 nitrogen and oxygen atoms in total. The van der Waals surface area contributed by atoms with Crippen LogP contribution in [0.5, 0.6) is 0 Å².